The van der Waals surface area contributed by atoms with Crippen LogP contribution in [-0.4, -0.2) is 10.7 Å². The van der Waals surface area contributed by atoms with Crippen molar-refractivity contribution in [2.75, 3.05) is 0 Å². The lowest BCUT2D eigenvalue weighted by atomic mass is 10.2. The van der Waals surface area contributed by atoms with Crippen LogP contribution in [0.25, 0.3) is 0 Å². The van der Waals surface area contributed by atoms with Crippen molar-refractivity contribution in [2.45, 2.75) is 0 Å². The molecule has 3 nitrogen and oxygen atoms in total. The molecule has 1 aliphatic heterocycles. The Morgan fingerprint density at radius 2 is 2.17 bits per heavy atom. The number of allylic oxidation sites excluding steroid dienone is 1. The van der Waals surface area contributed by atoms with Crippen LogP contribution in [0.1, 0.15) is 5.56 Å². The zero-order valence-electron chi connectivity index (χ0n) is 6.11. The number of aromatic nitrogens is 1. The van der Waals surface area contributed by atoms with Crippen molar-refractivity contribution in [2.24, 2.45) is 5.10 Å². The number of rotatable bonds is 1. The molecule has 12 heavy (non-hydrogen) atoms. The summed E-state index contributed by atoms with van der Waals surface area (Å²) in [5.41, 5.74) is 5.39. The van der Waals surface area contributed by atoms with Gasteiger partial charge in [0, 0.05) is 18.0 Å². The molecule has 0 atom stereocenters. The average molecular weight is 179 g/mol. The normalized spacial score (nSPS) is 14.2. The predicted octanol–water partition coefficient (Wildman–Crippen LogP) is 1.57. The molecule has 0 unspecified atom stereocenters. The zero-order valence-corrected chi connectivity index (χ0v) is 6.86. The molecule has 0 saturated carbocycles. The van der Waals surface area contributed by atoms with Crippen LogP contribution in [0.4, 0.5) is 0 Å². The van der Waals surface area contributed by atoms with E-state index in [1.165, 1.54) is 0 Å². The lowest BCUT2D eigenvalue weighted by molar-refractivity contribution is 0.972. The molecule has 2 heterocycles. The third-order valence-corrected chi connectivity index (χ3v) is 1.67. The minimum absolute atomic E-state index is 0.607. The molecule has 0 spiro atoms. The molecule has 0 amide bonds. The van der Waals surface area contributed by atoms with Crippen LogP contribution in [0.5, 0.6) is 0 Å². The van der Waals surface area contributed by atoms with Gasteiger partial charge in [0.15, 0.2) is 0 Å². The molecule has 0 bridgehead atoms. The van der Waals surface area contributed by atoms with Crippen molar-refractivity contribution in [3.63, 3.8) is 0 Å². The van der Waals surface area contributed by atoms with Gasteiger partial charge in [0.2, 0.25) is 0 Å². The molecule has 1 radical (unpaired) electrons. The molecular formula is C8H5ClN3. The Morgan fingerprint density at radius 1 is 1.25 bits per heavy atom. The van der Waals surface area contributed by atoms with E-state index in [1.54, 1.807) is 24.7 Å². The first kappa shape index (κ1) is 7.31. The maximum absolute atomic E-state index is 5.75. The maximum Gasteiger partial charge on any atom is 0.0961 e. The molecule has 4 heteroatoms. The highest BCUT2D eigenvalue weighted by Gasteiger charge is 2.04. The highest BCUT2D eigenvalue weighted by atomic mass is 35.5. The van der Waals surface area contributed by atoms with Crippen molar-refractivity contribution in [1.29, 1.82) is 0 Å². The molecule has 0 aliphatic carbocycles. The molecule has 1 aromatic heterocycles. The molecule has 1 aromatic rings. The third-order valence-electron chi connectivity index (χ3n) is 1.47. The van der Waals surface area contributed by atoms with Gasteiger partial charge < -0.3 is 0 Å². The second kappa shape index (κ2) is 2.95. The lowest BCUT2D eigenvalue weighted by Gasteiger charge is -1.95. The summed E-state index contributed by atoms with van der Waals surface area (Å²) in [6, 6.07) is 1.80. The number of hydrogen-bond donors (Lipinski definition) is 0. The van der Waals surface area contributed by atoms with Crippen molar-refractivity contribution in [3.8, 4) is 0 Å². The third kappa shape index (κ3) is 1.31. The molecule has 0 aromatic carbocycles. The molecule has 0 N–H and O–H groups in total. The van der Waals surface area contributed by atoms with Gasteiger partial charge in [-0.15, -0.1) is 0 Å². The van der Waals surface area contributed by atoms with E-state index in [4.69, 9.17) is 11.6 Å². The minimum atomic E-state index is 0.607. The van der Waals surface area contributed by atoms with E-state index in [2.05, 4.69) is 15.5 Å². The summed E-state index contributed by atoms with van der Waals surface area (Å²) < 4.78 is 0. The zero-order chi connectivity index (χ0) is 8.39. The van der Waals surface area contributed by atoms with Crippen LogP contribution >= 0.6 is 11.6 Å². The summed E-state index contributed by atoms with van der Waals surface area (Å²) in [7, 11) is 0. The van der Waals surface area contributed by atoms with Crippen LogP contribution in [0.15, 0.2) is 35.8 Å². The van der Waals surface area contributed by atoms with Gasteiger partial charge >= 0.3 is 0 Å². The number of nitrogens with zero attached hydrogens (tertiary/aromatic N) is 3. The van der Waals surface area contributed by atoms with Crippen LogP contribution in [0.2, 0.25) is 5.02 Å². The Morgan fingerprint density at radius 3 is 2.83 bits per heavy atom. The van der Waals surface area contributed by atoms with Crippen LogP contribution < -0.4 is 5.43 Å². The quantitative estimate of drug-likeness (QED) is 0.644. The summed E-state index contributed by atoms with van der Waals surface area (Å²) in [6.45, 7) is 0. The van der Waals surface area contributed by atoms with Gasteiger partial charge in [-0.05, 0) is 12.1 Å². The first-order valence-electron chi connectivity index (χ1n) is 3.41. The summed E-state index contributed by atoms with van der Waals surface area (Å²) in [6.07, 6.45) is 6.74. The van der Waals surface area contributed by atoms with Crippen LogP contribution in [-0.2, 0) is 0 Å². The summed E-state index contributed by atoms with van der Waals surface area (Å²) in [5, 5.41) is 4.49. The average Bonchev–Trinajstić information content (AvgIpc) is 2.56. The van der Waals surface area contributed by atoms with E-state index in [0.717, 1.165) is 11.3 Å². The van der Waals surface area contributed by atoms with Gasteiger partial charge in [0.05, 0.1) is 16.9 Å². The number of hydrogen-bond acceptors (Lipinski definition) is 2. The SMILES string of the molecule is Clc1cncc(C2=N[N]C=C2)c1. The summed E-state index contributed by atoms with van der Waals surface area (Å²) in [5.74, 6) is 0. The van der Waals surface area contributed by atoms with Crippen molar-refractivity contribution >= 4 is 17.3 Å². The van der Waals surface area contributed by atoms with E-state index < -0.39 is 0 Å². The Labute approximate surface area is 74.8 Å². The van der Waals surface area contributed by atoms with Crippen LogP contribution in [0.3, 0.4) is 0 Å². The highest BCUT2D eigenvalue weighted by molar-refractivity contribution is 6.31. The minimum Gasteiger partial charge on any atom is -0.262 e. The Hall–Kier alpha value is -1.35. The number of pyridine rings is 1. The fourth-order valence-corrected chi connectivity index (χ4v) is 1.11. The van der Waals surface area contributed by atoms with Gasteiger partial charge in [0.25, 0.3) is 0 Å². The highest BCUT2D eigenvalue weighted by Crippen LogP contribution is 2.11. The molecule has 0 fully saturated rings. The van der Waals surface area contributed by atoms with Crippen molar-refractivity contribution in [3.05, 3.63) is 41.3 Å². The van der Waals surface area contributed by atoms with Gasteiger partial charge in [-0.25, -0.2) is 0 Å². The van der Waals surface area contributed by atoms with E-state index in [0.29, 0.717) is 5.02 Å². The van der Waals surface area contributed by atoms with Crippen molar-refractivity contribution < 1.29 is 0 Å². The monoisotopic (exact) mass is 178 g/mol. The molecule has 2 rings (SSSR count). The summed E-state index contributed by atoms with van der Waals surface area (Å²) >= 11 is 5.75. The second-order valence-electron chi connectivity index (χ2n) is 2.31. The second-order valence-corrected chi connectivity index (χ2v) is 2.74. The van der Waals surface area contributed by atoms with Crippen LogP contribution in [0, 0.1) is 0 Å². The smallest absolute Gasteiger partial charge is 0.0961 e. The van der Waals surface area contributed by atoms with Gasteiger partial charge in [-0.2, -0.15) is 10.5 Å². The lowest BCUT2D eigenvalue weighted by Crippen LogP contribution is -1.94. The number of halogens is 1. The first-order chi connectivity index (χ1) is 5.86. The van der Waals surface area contributed by atoms with E-state index in [1.807, 2.05) is 6.08 Å². The van der Waals surface area contributed by atoms with Gasteiger partial charge in [0.1, 0.15) is 0 Å². The van der Waals surface area contributed by atoms with Gasteiger partial charge in [-0.3, -0.25) is 4.98 Å². The topological polar surface area (TPSA) is 39.4 Å². The van der Waals surface area contributed by atoms with E-state index in [9.17, 15) is 0 Å². The molecule has 0 saturated heterocycles. The predicted molar refractivity (Wildman–Crippen MR) is 47.1 cm³/mol. The standard InChI is InChI=1S/C8H5ClN3/c9-7-3-6(4-10-5-7)8-1-2-11-12-8/h1-5H. The van der Waals surface area contributed by atoms with Crippen molar-refractivity contribution in [1.82, 2.24) is 10.4 Å². The largest absolute Gasteiger partial charge is 0.262 e. The fraction of sp³-hybridized carbons (Fsp3) is 0. The van der Waals surface area contributed by atoms with E-state index >= 15 is 0 Å². The Kier molecular flexibility index (Phi) is 1.80. The Balaban J connectivity index is 2.40. The summed E-state index contributed by atoms with van der Waals surface area (Å²) in [4.78, 5) is 3.94. The Bertz CT molecular complexity index is 357. The molecular weight excluding hydrogens is 174 g/mol. The fourth-order valence-electron chi connectivity index (χ4n) is 0.939. The maximum atomic E-state index is 5.75. The van der Waals surface area contributed by atoms with E-state index in [-0.39, 0.29) is 0 Å². The molecule has 59 valence electrons. The van der Waals surface area contributed by atoms with Gasteiger partial charge in [-0.1, -0.05) is 11.6 Å². The first-order valence-corrected chi connectivity index (χ1v) is 3.79. The molecule has 1 aliphatic rings.